The Bertz CT molecular complexity index is 556. The molecule has 1 aromatic carbocycles. The summed E-state index contributed by atoms with van der Waals surface area (Å²) in [6, 6.07) is 4.86. The van der Waals surface area contributed by atoms with Gasteiger partial charge in [-0.05, 0) is 44.9 Å². The molecule has 1 N–H and O–H groups in total. The second kappa shape index (κ2) is 9.80. The lowest BCUT2D eigenvalue weighted by atomic mass is 10.2. The maximum Gasteiger partial charge on any atom is 0.339 e. The molecule has 1 atom stereocenters. The minimum atomic E-state index is -0.857. The number of hydrogen-bond acceptors (Lipinski definition) is 5. The van der Waals surface area contributed by atoms with Crippen molar-refractivity contribution < 1.29 is 23.8 Å². The van der Waals surface area contributed by atoms with Gasteiger partial charge in [0.2, 0.25) is 0 Å². The van der Waals surface area contributed by atoms with E-state index in [0.29, 0.717) is 42.7 Å². The first kappa shape index (κ1) is 19.8. The van der Waals surface area contributed by atoms with Crippen LogP contribution in [0.25, 0.3) is 0 Å². The molecular weight excluding hydrogens is 310 g/mol. The third-order valence-corrected chi connectivity index (χ3v) is 3.06. The minimum absolute atomic E-state index is 0.312. The first-order valence-corrected chi connectivity index (χ1v) is 8.27. The van der Waals surface area contributed by atoms with Gasteiger partial charge in [0.15, 0.2) is 17.6 Å². The molecule has 0 aliphatic rings. The van der Waals surface area contributed by atoms with Crippen LogP contribution in [0.4, 0.5) is 0 Å². The van der Waals surface area contributed by atoms with E-state index in [0.717, 1.165) is 0 Å². The predicted octanol–water partition coefficient (Wildman–Crippen LogP) is 2.80. The fraction of sp³-hybridized carbons (Fsp3) is 0.556. The molecule has 24 heavy (non-hydrogen) atoms. The van der Waals surface area contributed by atoms with Gasteiger partial charge in [-0.1, -0.05) is 13.8 Å². The van der Waals surface area contributed by atoms with Gasteiger partial charge >= 0.3 is 5.97 Å². The lowest BCUT2D eigenvalue weighted by Gasteiger charge is -2.16. The second-order valence-corrected chi connectivity index (χ2v) is 5.74. The molecule has 1 aromatic rings. The highest BCUT2D eigenvalue weighted by Gasteiger charge is 2.19. The molecule has 0 saturated heterocycles. The maximum absolute atomic E-state index is 12.2. The van der Waals surface area contributed by atoms with Crippen LogP contribution in [0, 0.1) is 5.92 Å². The zero-order valence-corrected chi connectivity index (χ0v) is 15.0. The Hall–Kier alpha value is -2.24. The van der Waals surface area contributed by atoms with Crippen molar-refractivity contribution in [2.24, 2.45) is 5.92 Å². The Labute approximate surface area is 143 Å². The number of amides is 1. The first-order chi connectivity index (χ1) is 11.4. The largest absolute Gasteiger partial charge is 0.490 e. The minimum Gasteiger partial charge on any atom is -0.490 e. The lowest BCUT2D eigenvalue weighted by molar-refractivity contribution is -0.128. The van der Waals surface area contributed by atoms with Crippen LogP contribution in [0.1, 0.15) is 45.0 Å². The van der Waals surface area contributed by atoms with E-state index in [4.69, 9.17) is 14.2 Å². The molecule has 1 rings (SSSR count). The summed E-state index contributed by atoms with van der Waals surface area (Å²) in [5, 5.41) is 2.61. The van der Waals surface area contributed by atoms with E-state index >= 15 is 0 Å². The molecule has 6 nitrogen and oxygen atoms in total. The van der Waals surface area contributed by atoms with Crippen molar-refractivity contribution in [1.82, 2.24) is 5.32 Å². The fourth-order valence-electron chi connectivity index (χ4n) is 1.88. The van der Waals surface area contributed by atoms with E-state index in [2.05, 4.69) is 19.2 Å². The van der Waals surface area contributed by atoms with E-state index in [9.17, 15) is 9.59 Å². The molecule has 134 valence electrons. The number of carbonyl (C=O) groups is 2. The molecule has 0 fully saturated rings. The van der Waals surface area contributed by atoms with Crippen molar-refractivity contribution in [3.63, 3.8) is 0 Å². The van der Waals surface area contributed by atoms with Crippen molar-refractivity contribution in [2.45, 2.75) is 40.7 Å². The van der Waals surface area contributed by atoms with Crippen LogP contribution in [0.2, 0.25) is 0 Å². The summed E-state index contributed by atoms with van der Waals surface area (Å²) in [4.78, 5) is 23.8. The van der Waals surface area contributed by atoms with Gasteiger partial charge in [-0.2, -0.15) is 0 Å². The van der Waals surface area contributed by atoms with Crippen molar-refractivity contribution in [1.29, 1.82) is 0 Å². The van der Waals surface area contributed by atoms with Gasteiger partial charge in [0, 0.05) is 6.54 Å². The van der Waals surface area contributed by atoms with Gasteiger partial charge in [0.25, 0.3) is 5.91 Å². The van der Waals surface area contributed by atoms with Gasteiger partial charge in [0.05, 0.1) is 18.8 Å². The molecule has 0 radical (unpaired) electrons. The van der Waals surface area contributed by atoms with Crippen LogP contribution in [0.3, 0.4) is 0 Å². The molecule has 0 aliphatic carbocycles. The number of esters is 1. The van der Waals surface area contributed by atoms with Crippen LogP contribution in [-0.4, -0.2) is 37.7 Å². The van der Waals surface area contributed by atoms with Crippen molar-refractivity contribution in [3.8, 4) is 11.5 Å². The van der Waals surface area contributed by atoms with Gasteiger partial charge in [0.1, 0.15) is 0 Å². The van der Waals surface area contributed by atoms with E-state index < -0.39 is 12.1 Å². The first-order valence-electron chi connectivity index (χ1n) is 8.27. The van der Waals surface area contributed by atoms with Gasteiger partial charge < -0.3 is 19.5 Å². The number of ether oxygens (including phenoxy) is 3. The number of hydrogen-bond donors (Lipinski definition) is 1. The topological polar surface area (TPSA) is 73.9 Å². The molecule has 0 aliphatic heterocycles. The summed E-state index contributed by atoms with van der Waals surface area (Å²) < 4.78 is 16.4. The Morgan fingerprint density at radius 1 is 1.08 bits per heavy atom. The molecule has 0 spiro atoms. The summed E-state index contributed by atoms with van der Waals surface area (Å²) in [6.07, 6.45) is -0.857. The number of benzene rings is 1. The number of carbonyl (C=O) groups excluding carboxylic acids is 2. The van der Waals surface area contributed by atoms with E-state index in [-0.39, 0.29) is 5.91 Å². The average Bonchev–Trinajstić information content (AvgIpc) is 2.53. The summed E-state index contributed by atoms with van der Waals surface area (Å²) >= 11 is 0. The maximum atomic E-state index is 12.2. The van der Waals surface area contributed by atoms with Crippen LogP contribution in [-0.2, 0) is 9.53 Å². The van der Waals surface area contributed by atoms with Crippen LogP contribution in [0.15, 0.2) is 18.2 Å². The molecule has 6 heteroatoms. The van der Waals surface area contributed by atoms with Gasteiger partial charge in [-0.3, -0.25) is 4.79 Å². The highest BCUT2D eigenvalue weighted by Crippen LogP contribution is 2.29. The number of nitrogens with one attached hydrogen (secondary N) is 1. The van der Waals surface area contributed by atoms with Crippen LogP contribution in [0.5, 0.6) is 11.5 Å². The summed E-state index contributed by atoms with van der Waals surface area (Å²) in [7, 11) is 0. The molecule has 0 unspecified atom stereocenters. The summed E-state index contributed by atoms with van der Waals surface area (Å²) in [6.45, 7) is 10.8. The van der Waals surface area contributed by atoms with Gasteiger partial charge in [-0.15, -0.1) is 0 Å². The van der Waals surface area contributed by atoms with Gasteiger partial charge in [-0.25, -0.2) is 4.79 Å². The highest BCUT2D eigenvalue weighted by atomic mass is 16.5. The summed E-state index contributed by atoms with van der Waals surface area (Å²) in [5.41, 5.74) is 0.312. The normalized spacial score (nSPS) is 11.8. The molecule has 0 aromatic heterocycles. The van der Waals surface area contributed by atoms with E-state index in [1.807, 2.05) is 6.92 Å². The Morgan fingerprint density at radius 3 is 2.38 bits per heavy atom. The lowest BCUT2D eigenvalue weighted by Crippen LogP contribution is -2.35. The zero-order chi connectivity index (χ0) is 18.1. The number of rotatable bonds is 9. The molecule has 0 bridgehead atoms. The predicted molar refractivity (Wildman–Crippen MR) is 91.5 cm³/mol. The fourth-order valence-corrected chi connectivity index (χ4v) is 1.88. The Balaban J connectivity index is 2.85. The molecule has 1 amide bonds. The van der Waals surface area contributed by atoms with Crippen molar-refractivity contribution in [2.75, 3.05) is 19.8 Å². The smallest absolute Gasteiger partial charge is 0.339 e. The quantitative estimate of drug-likeness (QED) is 0.701. The summed E-state index contributed by atoms with van der Waals surface area (Å²) in [5.74, 6) is 0.539. The molecular formula is C18H27NO5. The van der Waals surface area contributed by atoms with Crippen molar-refractivity contribution in [3.05, 3.63) is 23.8 Å². The van der Waals surface area contributed by atoms with E-state index in [1.165, 1.54) is 6.92 Å². The average molecular weight is 337 g/mol. The van der Waals surface area contributed by atoms with E-state index in [1.54, 1.807) is 25.1 Å². The SMILES string of the molecule is CCNC(=O)[C@H](C)OC(=O)c1ccc(OCC(C)C)c(OCC)c1. The highest BCUT2D eigenvalue weighted by molar-refractivity contribution is 5.92. The third kappa shape index (κ3) is 6.10. The second-order valence-electron chi connectivity index (χ2n) is 5.74. The molecule has 0 heterocycles. The zero-order valence-electron chi connectivity index (χ0n) is 15.0. The standard InChI is InChI=1S/C18H27NO5/c1-6-19-17(20)13(5)24-18(21)14-8-9-15(23-11-12(3)4)16(10-14)22-7-2/h8-10,12-13H,6-7,11H2,1-5H3,(H,19,20)/t13-/m0/s1. The Morgan fingerprint density at radius 2 is 1.79 bits per heavy atom. The third-order valence-electron chi connectivity index (χ3n) is 3.06. The molecule has 0 saturated carbocycles. The van der Waals surface area contributed by atoms with Crippen LogP contribution < -0.4 is 14.8 Å². The van der Waals surface area contributed by atoms with Crippen LogP contribution >= 0.6 is 0 Å². The Kier molecular flexibility index (Phi) is 8.09. The van der Waals surface area contributed by atoms with Crippen molar-refractivity contribution >= 4 is 11.9 Å². The monoisotopic (exact) mass is 337 g/mol. The number of likely N-dealkylation sites (N-methyl/N-ethyl adjacent to an activating group) is 1.